The lowest BCUT2D eigenvalue weighted by molar-refractivity contribution is -0.479. The van der Waals surface area contributed by atoms with Gasteiger partial charge in [0.25, 0.3) is 0 Å². The molecule has 0 atom stereocenters. The standard InChI is InChI=1S/C8H10ClN3O4S/c1-17(15,16)6-4-5(2-3-12(13)14)7(9)11-8(6)10/h4H,2-3H2,1H3,(H2,10,11). The lowest BCUT2D eigenvalue weighted by Crippen LogP contribution is -2.09. The lowest BCUT2D eigenvalue weighted by Gasteiger charge is -2.07. The topological polar surface area (TPSA) is 116 Å². The fraction of sp³-hybridized carbons (Fsp3) is 0.375. The van der Waals surface area contributed by atoms with Gasteiger partial charge in [-0.2, -0.15) is 0 Å². The van der Waals surface area contributed by atoms with E-state index in [0.717, 1.165) is 6.26 Å². The number of nitro groups is 1. The fourth-order valence-corrected chi connectivity index (χ4v) is 2.23. The average molecular weight is 280 g/mol. The maximum atomic E-state index is 11.4. The summed E-state index contributed by atoms with van der Waals surface area (Å²) in [4.78, 5) is 13.2. The first-order valence-corrected chi connectivity index (χ1v) is 6.75. The minimum Gasteiger partial charge on any atom is -0.383 e. The molecule has 0 aliphatic rings. The third-order valence-corrected chi connectivity index (χ3v) is 3.46. The summed E-state index contributed by atoms with van der Waals surface area (Å²) in [5.74, 6) is -0.206. The van der Waals surface area contributed by atoms with Gasteiger partial charge in [-0.1, -0.05) is 11.6 Å². The van der Waals surface area contributed by atoms with Crippen LogP contribution >= 0.6 is 11.6 Å². The van der Waals surface area contributed by atoms with Gasteiger partial charge in [0.2, 0.25) is 6.54 Å². The maximum absolute atomic E-state index is 11.4. The van der Waals surface area contributed by atoms with Crippen molar-refractivity contribution in [1.29, 1.82) is 0 Å². The molecule has 0 aliphatic carbocycles. The lowest BCUT2D eigenvalue weighted by atomic mass is 10.2. The zero-order valence-corrected chi connectivity index (χ0v) is 10.5. The molecule has 0 spiro atoms. The summed E-state index contributed by atoms with van der Waals surface area (Å²) in [6, 6.07) is 1.23. The zero-order valence-electron chi connectivity index (χ0n) is 8.88. The van der Waals surface area contributed by atoms with E-state index in [2.05, 4.69) is 4.98 Å². The Morgan fingerprint density at radius 3 is 2.65 bits per heavy atom. The monoisotopic (exact) mass is 279 g/mol. The van der Waals surface area contributed by atoms with Crippen LogP contribution in [0.3, 0.4) is 0 Å². The first-order valence-electron chi connectivity index (χ1n) is 4.48. The number of hydrogen-bond acceptors (Lipinski definition) is 6. The summed E-state index contributed by atoms with van der Waals surface area (Å²) in [6.07, 6.45) is 0.979. The Morgan fingerprint density at radius 2 is 2.18 bits per heavy atom. The van der Waals surface area contributed by atoms with E-state index in [1.807, 2.05) is 0 Å². The van der Waals surface area contributed by atoms with Crippen LogP contribution in [-0.2, 0) is 16.3 Å². The normalized spacial score (nSPS) is 11.4. The van der Waals surface area contributed by atoms with E-state index in [0.29, 0.717) is 0 Å². The second-order valence-corrected chi connectivity index (χ2v) is 5.74. The number of nitrogens with two attached hydrogens (primary N) is 1. The van der Waals surface area contributed by atoms with Crippen molar-refractivity contribution in [3.8, 4) is 0 Å². The summed E-state index contributed by atoms with van der Waals surface area (Å²) in [6.45, 7) is -0.353. The van der Waals surface area contributed by atoms with Gasteiger partial charge in [-0.3, -0.25) is 10.1 Å². The smallest absolute Gasteiger partial charge is 0.208 e. The molecule has 1 heterocycles. The number of sulfone groups is 1. The molecule has 0 radical (unpaired) electrons. The predicted octanol–water partition coefficient (Wildman–Crippen LogP) is 0.540. The molecule has 0 amide bonds. The van der Waals surface area contributed by atoms with E-state index in [4.69, 9.17) is 17.3 Å². The number of halogens is 1. The van der Waals surface area contributed by atoms with Gasteiger partial charge in [-0.15, -0.1) is 0 Å². The summed E-state index contributed by atoms with van der Waals surface area (Å²) in [5, 5.41) is 10.2. The van der Waals surface area contributed by atoms with Gasteiger partial charge in [0, 0.05) is 17.6 Å². The third-order valence-electron chi connectivity index (χ3n) is 2.00. The van der Waals surface area contributed by atoms with E-state index < -0.39 is 14.8 Å². The van der Waals surface area contributed by atoms with Crippen molar-refractivity contribution < 1.29 is 13.3 Å². The van der Waals surface area contributed by atoms with Gasteiger partial charge >= 0.3 is 0 Å². The highest BCUT2D eigenvalue weighted by Gasteiger charge is 2.17. The van der Waals surface area contributed by atoms with Crippen LogP contribution in [0.5, 0.6) is 0 Å². The van der Waals surface area contributed by atoms with Crippen molar-refractivity contribution in [2.75, 3.05) is 18.5 Å². The molecule has 17 heavy (non-hydrogen) atoms. The van der Waals surface area contributed by atoms with E-state index in [9.17, 15) is 18.5 Å². The van der Waals surface area contributed by atoms with Crippen LogP contribution in [0.4, 0.5) is 5.82 Å². The molecule has 0 aromatic carbocycles. The second kappa shape index (κ2) is 4.84. The van der Waals surface area contributed by atoms with Crippen molar-refractivity contribution in [2.24, 2.45) is 0 Å². The van der Waals surface area contributed by atoms with E-state index in [1.165, 1.54) is 6.07 Å². The van der Waals surface area contributed by atoms with Crippen molar-refractivity contribution in [1.82, 2.24) is 4.98 Å². The highest BCUT2D eigenvalue weighted by Crippen LogP contribution is 2.23. The van der Waals surface area contributed by atoms with Crippen molar-refractivity contribution in [3.05, 3.63) is 26.9 Å². The van der Waals surface area contributed by atoms with Crippen LogP contribution in [0.25, 0.3) is 0 Å². The Bertz CT molecular complexity index is 558. The quantitative estimate of drug-likeness (QED) is 0.488. The first-order chi connectivity index (χ1) is 7.71. The molecule has 1 rings (SSSR count). The zero-order chi connectivity index (χ0) is 13.2. The van der Waals surface area contributed by atoms with Crippen LogP contribution in [-0.4, -0.2) is 31.1 Å². The molecule has 9 heteroatoms. The number of aromatic nitrogens is 1. The molecule has 1 aromatic rings. The van der Waals surface area contributed by atoms with Crippen LogP contribution in [0, 0.1) is 10.1 Å². The largest absolute Gasteiger partial charge is 0.383 e. The molecule has 1 aromatic heterocycles. The molecule has 0 bridgehead atoms. The van der Waals surface area contributed by atoms with Crippen LogP contribution in [0.1, 0.15) is 5.56 Å². The molecule has 0 unspecified atom stereocenters. The van der Waals surface area contributed by atoms with Gasteiger partial charge in [-0.05, 0) is 11.6 Å². The Morgan fingerprint density at radius 1 is 1.59 bits per heavy atom. The number of nitrogens with zero attached hydrogens (tertiary/aromatic N) is 2. The molecule has 2 N–H and O–H groups in total. The molecule has 0 aliphatic heterocycles. The third kappa shape index (κ3) is 3.53. The minimum absolute atomic E-state index is 0.00162. The van der Waals surface area contributed by atoms with E-state index >= 15 is 0 Å². The summed E-state index contributed by atoms with van der Waals surface area (Å²) >= 11 is 5.73. The first kappa shape index (κ1) is 13.7. The number of pyridine rings is 1. The Balaban J connectivity index is 3.20. The SMILES string of the molecule is CS(=O)(=O)c1cc(CC[N+](=O)[O-])c(Cl)nc1N. The van der Waals surface area contributed by atoms with E-state index in [-0.39, 0.29) is 34.4 Å². The van der Waals surface area contributed by atoms with Gasteiger partial charge in [0.1, 0.15) is 15.9 Å². The Labute approximate surface area is 103 Å². The summed E-state index contributed by atoms with van der Waals surface area (Å²) in [7, 11) is -3.53. The second-order valence-electron chi connectivity index (χ2n) is 3.40. The van der Waals surface area contributed by atoms with E-state index in [1.54, 1.807) is 0 Å². The Hall–Kier alpha value is -1.41. The average Bonchev–Trinajstić information content (AvgIpc) is 2.13. The molecular formula is C8H10ClN3O4S. The van der Waals surface area contributed by atoms with Gasteiger partial charge in [0.15, 0.2) is 9.84 Å². The van der Waals surface area contributed by atoms with Crippen LogP contribution < -0.4 is 5.73 Å². The minimum atomic E-state index is -3.53. The highest BCUT2D eigenvalue weighted by molar-refractivity contribution is 7.90. The number of nitrogen functional groups attached to an aromatic ring is 1. The number of rotatable bonds is 4. The maximum Gasteiger partial charge on any atom is 0.208 e. The van der Waals surface area contributed by atoms with Crippen molar-refractivity contribution >= 4 is 27.3 Å². The van der Waals surface area contributed by atoms with Crippen LogP contribution in [0.15, 0.2) is 11.0 Å². The number of anilines is 1. The van der Waals surface area contributed by atoms with Crippen LogP contribution in [0.2, 0.25) is 5.15 Å². The molecule has 94 valence electrons. The number of hydrogen-bond donors (Lipinski definition) is 1. The summed E-state index contributed by atoms with van der Waals surface area (Å²) in [5.41, 5.74) is 5.71. The fourth-order valence-electron chi connectivity index (χ4n) is 1.21. The van der Waals surface area contributed by atoms with Crippen molar-refractivity contribution in [3.63, 3.8) is 0 Å². The molecule has 0 saturated heterocycles. The van der Waals surface area contributed by atoms with Crippen molar-refractivity contribution in [2.45, 2.75) is 11.3 Å². The predicted molar refractivity (Wildman–Crippen MR) is 62.3 cm³/mol. The molecule has 7 nitrogen and oxygen atoms in total. The molecular weight excluding hydrogens is 270 g/mol. The van der Waals surface area contributed by atoms with Gasteiger partial charge in [0.05, 0.1) is 0 Å². The molecule has 0 saturated carbocycles. The van der Waals surface area contributed by atoms with Gasteiger partial charge < -0.3 is 5.73 Å². The van der Waals surface area contributed by atoms with Gasteiger partial charge in [-0.25, -0.2) is 13.4 Å². The Kier molecular flexibility index (Phi) is 3.89. The molecule has 0 fully saturated rings. The summed E-state index contributed by atoms with van der Waals surface area (Å²) < 4.78 is 22.7. The highest BCUT2D eigenvalue weighted by atomic mass is 35.5.